The van der Waals surface area contributed by atoms with Crippen molar-refractivity contribution in [3.63, 3.8) is 0 Å². The summed E-state index contributed by atoms with van der Waals surface area (Å²) in [5, 5.41) is 0.0526. The average Bonchev–Trinajstić information content (AvgIpc) is 2.52. The standard InChI is InChI=1S/C11H11FOS/c12-8-3-1-4-9(7-8)14-11-6-2-5-10(11)13/h1,3-4,7,11H,2,5-6H2. The molecule has 74 valence electrons. The van der Waals surface area contributed by atoms with Crippen molar-refractivity contribution in [2.45, 2.75) is 29.4 Å². The zero-order valence-electron chi connectivity index (χ0n) is 7.70. The first-order chi connectivity index (χ1) is 6.75. The monoisotopic (exact) mass is 210 g/mol. The summed E-state index contributed by atoms with van der Waals surface area (Å²) in [5.41, 5.74) is 0. The minimum absolute atomic E-state index is 0.0526. The number of benzene rings is 1. The molecule has 0 aliphatic heterocycles. The van der Waals surface area contributed by atoms with Gasteiger partial charge in [-0.3, -0.25) is 4.79 Å². The molecule has 1 fully saturated rings. The second kappa shape index (κ2) is 4.13. The molecular weight excluding hydrogens is 199 g/mol. The highest BCUT2D eigenvalue weighted by Gasteiger charge is 2.25. The van der Waals surface area contributed by atoms with Gasteiger partial charge >= 0.3 is 0 Å². The highest BCUT2D eigenvalue weighted by Crippen LogP contribution is 2.32. The van der Waals surface area contributed by atoms with Crippen molar-refractivity contribution in [3.8, 4) is 0 Å². The maximum Gasteiger partial charge on any atom is 0.146 e. The van der Waals surface area contributed by atoms with Gasteiger partial charge in [-0.25, -0.2) is 4.39 Å². The van der Waals surface area contributed by atoms with Crippen LogP contribution in [-0.2, 0) is 4.79 Å². The Morgan fingerprint density at radius 3 is 2.93 bits per heavy atom. The van der Waals surface area contributed by atoms with Crippen LogP contribution in [0.15, 0.2) is 29.2 Å². The second-order valence-electron chi connectivity index (χ2n) is 3.42. The van der Waals surface area contributed by atoms with Gasteiger partial charge in [0.25, 0.3) is 0 Å². The van der Waals surface area contributed by atoms with E-state index in [1.165, 1.54) is 23.9 Å². The number of Topliss-reactive ketones (excluding diaryl/α,β-unsaturated/α-hetero) is 1. The summed E-state index contributed by atoms with van der Waals surface area (Å²) in [5.74, 6) is 0.0692. The highest BCUT2D eigenvalue weighted by atomic mass is 32.2. The van der Waals surface area contributed by atoms with E-state index in [1.807, 2.05) is 6.07 Å². The Morgan fingerprint density at radius 2 is 2.29 bits per heavy atom. The Morgan fingerprint density at radius 1 is 1.43 bits per heavy atom. The third-order valence-corrected chi connectivity index (χ3v) is 3.63. The third kappa shape index (κ3) is 2.15. The molecule has 14 heavy (non-hydrogen) atoms. The van der Waals surface area contributed by atoms with Crippen molar-refractivity contribution in [2.75, 3.05) is 0 Å². The van der Waals surface area contributed by atoms with Crippen LogP contribution in [0, 0.1) is 5.82 Å². The van der Waals surface area contributed by atoms with Gasteiger partial charge in [0, 0.05) is 11.3 Å². The summed E-state index contributed by atoms with van der Waals surface area (Å²) in [6.45, 7) is 0. The fraction of sp³-hybridized carbons (Fsp3) is 0.364. The van der Waals surface area contributed by atoms with Crippen molar-refractivity contribution in [1.29, 1.82) is 0 Å². The van der Waals surface area contributed by atoms with E-state index in [-0.39, 0.29) is 11.1 Å². The van der Waals surface area contributed by atoms with Gasteiger partial charge in [-0.2, -0.15) is 0 Å². The van der Waals surface area contributed by atoms with E-state index in [9.17, 15) is 9.18 Å². The lowest BCUT2D eigenvalue weighted by atomic mass is 10.3. The smallest absolute Gasteiger partial charge is 0.146 e. The number of ketones is 1. The van der Waals surface area contributed by atoms with E-state index < -0.39 is 0 Å². The highest BCUT2D eigenvalue weighted by molar-refractivity contribution is 8.00. The van der Waals surface area contributed by atoms with Crippen LogP contribution in [0.1, 0.15) is 19.3 Å². The molecule has 1 aromatic carbocycles. The molecule has 0 heterocycles. The molecule has 0 spiro atoms. The molecule has 2 rings (SSSR count). The molecule has 1 aliphatic rings. The van der Waals surface area contributed by atoms with Gasteiger partial charge in [-0.1, -0.05) is 6.07 Å². The first-order valence-corrected chi connectivity index (χ1v) is 5.58. The van der Waals surface area contributed by atoms with Crippen LogP contribution in [0.5, 0.6) is 0 Å². The number of carbonyl (C=O) groups is 1. The minimum atomic E-state index is -0.236. The van der Waals surface area contributed by atoms with Crippen LogP contribution in [0.4, 0.5) is 4.39 Å². The zero-order valence-corrected chi connectivity index (χ0v) is 8.52. The quantitative estimate of drug-likeness (QED) is 0.746. The van der Waals surface area contributed by atoms with Crippen LogP contribution in [0.3, 0.4) is 0 Å². The Kier molecular flexibility index (Phi) is 2.87. The van der Waals surface area contributed by atoms with Crippen molar-refractivity contribution < 1.29 is 9.18 Å². The Labute approximate surface area is 86.7 Å². The van der Waals surface area contributed by atoms with Gasteiger partial charge in [0.15, 0.2) is 0 Å². The normalized spacial score (nSPS) is 21.5. The Bertz CT molecular complexity index is 351. The van der Waals surface area contributed by atoms with Crippen molar-refractivity contribution in [3.05, 3.63) is 30.1 Å². The van der Waals surface area contributed by atoms with Gasteiger partial charge in [0.2, 0.25) is 0 Å². The first kappa shape index (κ1) is 9.71. The van der Waals surface area contributed by atoms with Gasteiger partial charge in [-0.05, 0) is 31.0 Å². The number of carbonyl (C=O) groups excluding carboxylic acids is 1. The number of halogens is 1. The second-order valence-corrected chi connectivity index (χ2v) is 4.70. The van der Waals surface area contributed by atoms with E-state index >= 15 is 0 Å². The molecule has 0 N–H and O–H groups in total. The molecule has 1 aromatic rings. The van der Waals surface area contributed by atoms with Gasteiger partial charge < -0.3 is 0 Å². The molecule has 0 saturated heterocycles. The molecule has 1 atom stereocenters. The first-order valence-electron chi connectivity index (χ1n) is 4.70. The summed E-state index contributed by atoms with van der Waals surface area (Å²) in [6, 6.07) is 6.42. The Balaban J connectivity index is 2.07. The summed E-state index contributed by atoms with van der Waals surface area (Å²) in [4.78, 5) is 12.2. The van der Waals surface area contributed by atoms with Crippen LogP contribution >= 0.6 is 11.8 Å². The van der Waals surface area contributed by atoms with Crippen LogP contribution in [0.25, 0.3) is 0 Å². The largest absolute Gasteiger partial charge is 0.298 e. The number of rotatable bonds is 2. The fourth-order valence-electron chi connectivity index (χ4n) is 1.61. The zero-order chi connectivity index (χ0) is 9.97. The predicted molar refractivity (Wildman–Crippen MR) is 54.9 cm³/mol. The molecule has 0 radical (unpaired) electrons. The van der Waals surface area contributed by atoms with Crippen LogP contribution in [-0.4, -0.2) is 11.0 Å². The van der Waals surface area contributed by atoms with E-state index in [1.54, 1.807) is 6.07 Å². The molecule has 0 bridgehead atoms. The van der Waals surface area contributed by atoms with Gasteiger partial charge in [0.05, 0.1) is 5.25 Å². The van der Waals surface area contributed by atoms with Crippen LogP contribution in [0.2, 0.25) is 0 Å². The molecular formula is C11H11FOS. The number of hydrogen-bond donors (Lipinski definition) is 0. The lowest BCUT2D eigenvalue weighted by Crippen LogP contribution is -2.07. The van der Waals surface area contributed by atoms with Gasteiger partial charge in [0.1, 0.15) is 11.6 Å². The summed E-state index contributed by atoms with van der Waals surface area (Å²) in [6.07, 6.45) is 2.60. The molecule has 0 aromatic heterocycles. The fourth-order valence-corrected chi connectivity index (χ4v) is 2.81. The Hall–Kier alpha value is -0.830. The van der Waals surface area contributed by atoms with E-state index in [4.69, 9.17) is 0 Å². The molecule has 1 aliphatic carbocycles. The number of thioether (sulfide) groups is 1. The lowest BCUT2D eigenvalue weighted by Gasteiger charge is -2.06. The minimum Gasteiger partial charge on any atom is -0.298 e. The van der Waals surface area contributed by atoms with E-state index in [0.717, 1.165) is 17.7 Å². The maximum atomic E-state index is 12.8. The van der Waals surface area contributed by atoms with Crippen molar-refractivity contribution >= 4 is 17.5 Å². The summed E-state index contributed by atoms with van der Waals surface area (Å²) in [7, 11) is 0. The van der Waals surface area contributed by atoms with Crippen LogP contribution < -0.4 is 0 Å². The molecule has 1 saturated carbocycles. The summed E-state index contributed by atoms with van der Waals surface area (Å²) < 4.78 is 12.8. The summed E-state index contributed by atoms with van der Waals surface area (Å²) >= 11 is 1.48. The third-order valence-electron chi connectivity index (χ3n) is 2.32. The predicted octanol–water partition coefficient (Wildman–Crippen LogP) is 3.04. The SMILES string of the molecule is O=C1CCCC1Sc1cccc(F)c1. The maximum absolute atomic E-state index is 12.8. The number of hydrogen-bond acceptors (Lipinski definition) is 2. The average molecular weight is 210 g/mol. The van der Waals surface area contributed by atoms with Crippen molar-refractivity contribution in [2.24, 2.45) is 0 Å². The molecule has 0 amide bonds. The molecule has 1 unspecified atom stereocenters. The molecule has 3 heteroatoms. The lowest BCUT2D eigenvalue weighted by molar-refractivity contribution is -0.116. The topological polar surface area (TPSA) is 17.1 Å². The van der Waals surface area contributed by atoms with E-state index in [0.29, 0.717) is 12.2 Å². The van der Waals surface area contributed by atoms with Gasteiger partial charge in [-0.15, -0.1) is 11.8 Å². The van der Waals surface area contributed by atoms with E-state index in [2.05, 4.69) is 0 Å². The van der Waals surface area contributed by atoms with Crippen molar-refractivity contribution in [1.82, 2.24) is 0 Å². The molecule has 1 nitrogen and oxygen atoms in total.